The molecule has 2 heterocycles. The number of hydrogen-bond donors (Lipinski definition) is 2. The molecule has 44 heavy (non-hydrogen) atoms. The van der Waals surface area contributed by atoms with Crippen molar-refractivity contribution in [2.75, 3.05) is 51.4 Å². The van der Waals surface area contributed by atoms with Gasteiger partial charge < -0.3 is 34.3 Å². The largest absolute Gasteiger partial charge is 0.494 e. The number of benzene rings is 2. The molecule has 1 saturated carbocycles. The Morgan fingerprint density at radius 1 is 1.07 bits per heavy atom. The molecule has 8 nitrogen and oxygen atoms in total. The summed E-state index contributed by atoms with van der Waals surface area (Å²) in [7, 11) is 0. The van der Waals surface area contributed by atoms with Gasteiger partial charge in [-0.05, 0) is 107 Å². The highest BCUT2D eigenvalue weighted by atomic mass is 16.6. The van der Waals surface area contributed by atoms with Crippen LogP contribution in [0.2, 0.25) is 0 Å². The highest BCUT2D eigenvalue weighted by Crippen LogP contribution is 2.37. The number of aryl methyl sites for hydroxylation is 1. The zero-order valence-electron chi connectivity index (χ0n) is 26.9. The number of nitrogens with one attached hydrogen (secondary N) is 1. The van der Waals surface area contributed by atoms with Gasteiger partial charge in [0.25, 0.3) is 0 Å². The first-order chi connectivity index (χ1) is 21.3. The van der Waals surface area contributed by atoms with Gasteiger partial charge in [-0.2, -0.15) is 0 Å². The minimum absolute atomic E-state index is 0.103. The molecule has 0 aromatic heterocycles. The monoisotopic (exact) mass is 608 g/mol. The number of anilines is 1. The summed E-state index contributed by atoms with van der Waals surface area (Å²) in [6.45, 7) is 10.1. The molecule has 3 atom stereocenters. The Bertz CT molecular complexity index is 1190. The van der Waals surface area contributed by atoms with E-state index in [-0.39, 0.29) is 30.8 Å². The summed E-state index contributed by atoms with van der Waals surface area (Å²) in [4.78, 5) is 14.9. The first kappa shape index (κ1) is 32.6. The van der Waals surface area contributed by atoms with Crippen molar-refractivity contribution in [3.05, 3.63) is 59.2 Å². The van der Waals surface area contributed by atoms with Gasteiger partial charge in [0.05, 0.1) is 25.4 Å². The topological polar surface area (TPSA) is 89.5 Å². The number of nitrogens with zero attached hydrogens (tertiary/aromatic N) is 1. The van der Waals surface area contributed by atoms with Crippen LogP contribution >= 0.6 is 0 Å². The maximum Gasteiger partial charge on any atom is 0.410 e. The second-order valence-corrected chi connectivity index (χ2v) is 13.6. The predicted octanol–water partition coefficient (Wildman–Crippen LogP) is 6.86. The number of amides is 1. The van der Waals surface area contributed by atoms with E-state index in [0.29, 0.717) is 32.5 Å². The zero-order chi connectivity index (χ0) is 30.9. The van der Waals surface area contributed by atoms with Gasteiger partial charge in [-0.3, -0.25) is 0 Å². The number of carbonyl (C=O) groups excluding carboxylic acids is 1. The summed E-state index contributed by atoms with van der Waals surface area (Å²) in [6, 6.07) is 14.9. The van der Waals surface area contributed by atoms with Crippen LogP contribution < -0.4 is 10.1 Å². The van der Waals surface area contributed by atoms with Crippen LogP contribution in [0, 0.1) is 5.92 Å². The molecule has 1 saturated heterocycles. The third kappa shape index (κ3) is 9.59. The van der Waals surface area contributed by atoms with E-state index < -0.39 is 5.60 Å². The molecule has 1 unspecified atom stereocenters. The van der Waals surface area contributed by atoms with Gasteiger partial charge in [-0.25, -0.2) is 4.79 Å². The van der Waals surface area contributed by atoms with Crippen LogP contribution in [0.5, 0.6) is 5.75 Å². The van der Waals surface area contributed by atoms with Crippen LogP contribution in [0.15, 0.2) is 42.5 Å². The lowest BCUT2D eigenvalue weighted by Crippen LogP contribution is -2.48. The SMILES string of the molecule is CC(C)(C)OC(=O)N1CC[C@H](c2ccc(OCCCOCC3CC3)cc2)[C@@H](OC(CCCO)c2ccc3c(c2)NCCC3)C1. The Labute approximate surface area is 263 Å². The summed E-state index contributed by atoms with van der Waals surface area (Å²) < 4.78 is 24.4. The minimum Gasteiger partial charge on any atom is -0.494 e. The maximum absolute atomic E-state index is 13.1. The smallest absolute Gasteiger partial charge is 0.410 e. The lowest BCUT2D eigenvalue weighted by molar-refractivity contribution is -0.0688. The van der Waals surface area contributed by atoms with Crippen LogP contribution in [-0.2, 0) is 20.6 Å². The Kier molecular flexibility index (Phi) is 11.4. The van der Waals surface area contributed by atoms with E-state index in [2.05, 4.69) is 35.6 Å². The number of aliphatic hydroxyl groups is 1. The lowest BCUT2D eigenvalue weighted by atomic mass is 9.86. The van der Waals surface area contributed by atoms with Crippen molar-refractivity contribution < 1.29 is 28.8 Å². The van der Waals surface area contributed by atoms with Crippen molar-refractivity contribution in [1.29, 1.82) is 0 Å². The standard InChI is InChI=1S/C36H52N2O6/c1-36(2,3)44-35(40)38-19-17-31(27-13-15-30(16-14-27)42-22-6-21-41-25-26-9-10-26)34(24-38)43-33(8-5-20-39)29-12-11-28-7-4-18-37-32(28)23-29/h11-16,23,26,31,33-34,37,39H,4-10,17-22,24-25H2,1-3H3/t31-,33?,34+/m1/s1. The van der Waals surface area contributed by atoms with Crippen molar-refractivity contribution in [3.8, 4) is 5.75 Å². The van der Waals surface area contributed by atoms with E-state index in [1.165, 1.54) is 29.7 Å². The first-order valence-electron chi connectivity index (χ1n) is 16.7. The Hall–Kier alpha value is -2.81. The number of ether oxygens (including phenoxy) is 4. The van der Waals surface area contributed by atoms with E-state index in [1.54, 1.807) is 4.90 Å². The average molecular weight is 609 g/mol. The highest BCUT2D eigenvalue weighted by Gasteiger charge is 2.37. The summed E-state index contributed by atoms with van der Waals surface area (Å²) in [6.07, 6.45) is 7.07. The van der Waals surface area contributed by atoms with Crippen molar-refractivity contribution in [2.45, 2.75) is 95.9 Å². The Morgan fingerprint density at radius 2 is 1.89 bits per heavy atom. The fraction of sp³-hybridized carbons (Fsp3) is 0.639. The lowest BCUT2D eigenvalue weighted by Gasteiger charge is -2.40. The maximum atomic E-state index is 13.1. The van der Waals surface area contributed by atoms with Crippen molar-refractivity contribution in [3.63, 3.8) is 0 Å². The van der Waals surface area contributed by atoms with E-state index in [4.69, 9.17) is 18.9 Å². The third-order valence-electron chi connectivity index (χ3n) is 8.68. The van der Waals surface area contributed by atoms with Gasteiger partial charge in [-0.1, -0.05) is 24.3 Å². The van der Waals surface area contributed by atoms with Gasteiger partial charge in [0.2, 0.25) is 0 Å². The molecule has 0 radical (unpaired) electrons. The molecule has 3 aliphatic rings. The van der Waals surface area contributed by atoms with Crippen LogP contribution in [-0.4, -0.2) is 73.9 Å². The number of carbonyl (C=O) groups is 1. The van der Waals surface area contributed by atoms with Gasteiger partial charge in [0, 0.05) is 50.9 Å². The second kappa shape index (κ2) is 15.5. The van der Waals surface area contributed by atoms with Gasteiger partial charge >= 0.3 is 6.09 Å². The molecule has 0 bridgehead atoms. The van der Waals surface area contributed by atoms with Crippen LogP contribution in [0.3, 0.4) is 0 Å². The Morgan fingerprint density at radius 3 is 2.64 bits per heavy atom. The fourth-order valence-electron chi connectivity index (χ4n) is 6.10. The molecule has 0 spiro atoms. The second-order valence-electron chi connectivity index (χ2n) is 13.6. The van der Waals surface area contributed by atoms with Crippen molar-refractivity contribution in [1.82, 2.24) is 4.90 Å². The summed E-state index contributed by atoms with van der Waals surface area (Å²) in [5, 5.41) is 13.3. The number of aliphatic hydroxyl groups excluding tert-OH is 1. The fourth-order valence-corrected chi connectivity index (χ4v) is 6.10. The molecule has 242 valence electrons. The molecule has 2 aromatic rings. The van der Waals surface area contributed by atoms with E-state index in [1.807, 2.05) is 32.9 Å². The normalized spacial score (nSPS) is 20.9. The predicted molar refractivity (Wildman–Crippen MR) is 172 cm³/mol. The number of piperidine rings is 1. The van der Waals surface area contributed by atoms with E-state index in [0.717, 1.165) is 62.7 Å². The molecular formula is C36H52N2O6. The molecule has 2 fully saturated rings. The number of fused-ring (bicyclic) bond motifs is 1. The van der Waals surface area contributed by atoms with E-state index in [9.17, 15) is 9.90 Å². The number of likely N-dealkylation sites (tertiary alicyclic amines) is 1. The molecule has 5 rings (SSSR count). The van der Waals surface area contributed by atoms with Crippen molar-refractivity contribution >= 4 is 11.8 Å². The van der Waals surface area contributed by atoms with Crippen LogP contribution in [0.1, 0.15) is 94.4 Å². The van der Waals surface area contributed by atoms with Crippen LogP contribution in [0.4, 0.5) is 10.5 Å². The number of rotatable bonds is 14. The number of hydrogen-bond acceptors (Lipinski definition) is 7. The molecule has 1 amide bonds. The quantitative estimate of drug-likeness (QED) is 0.227. The third-order valence-corrected chi connectivity index (χ3v) is 8.68. The first-order valence-corrected chi connectivity index (χ1v) is 16.7. The van der Waals surface area contributed by atoms with E-state index >= 15 is 0 Å². The molecule has 2 N–H and O–H groups in total. The molecule has 1 aliphatic carbocycles. The van der Waals surface area contributed by atoms with Gasteiger partial charge in [0.1, 0.15) is 11.4 Å². The van der Waals surface area contributed by atoms with Crippen molar-refractivity contribution in [2.24, 2.45) is 5.92 Å². The van der Waals surface area contributed by atoms with Gasteiger partial charge in [0.15, 0.2) is 0 Å². The van der Waals surface area contributed by atoms with Crippen LogP contribution in [0.25, 0.3) is 0 Å². The summed E-state index contributed by atoms with van der Waals surface area (Å²) >= 11 is 0. The Balaban J connectivity index is 1.28. The zero-order valence-corrected chi connectivity index (χ0v) is 26.9. The minimum atomic E-state index is -0.566. The van der Waals surface area contributed by atoms with Gasteiger partial charge in [-0.15, -0.1) is 0 Å². The molecule has 2 aliphatic heterocycles. The molecular weight excluding hydrogens is 556 g/mol. The molecule has 2 aromatic carbocycles. The average Bonchev–Trinajstić information content (AvgIpc) is 3.85. The summed E-state index contributed by atoms with van der Waals surface area (Å²) in [5.41, 5.74) is 4.22. The highest BCUT2D eigenvalue weighted by molar-refractivity contribution is 5.68. The molecule has 8 heteroatoms. The summed E-state index contributed by atoms with van der Waals surface area (Å²) in [5.74, 6) is 1.74.